The van der Waals surface area contributed by atoms with Gasteiger partial charge in [0, 0.05) is 16.8 Å². The van der Waals surface area contributed by atoms with Crippen LogP contribution in [0.5, 0.6) is 0 Å². The Labute approximate surface area is 126 Å². The first-order chi connectivity index (χ1) is 10.1. The van der Waals surface area contributed by atoms with Crippen molar-refractivity contribution < 1.29 is 4.79 Å². The number of benzene rings is 2. The summed E-state index contributed by atoms with van der Waals surface area (Å²) >= 11 is 1.57. The standard InChI is InChI=1S/C16H15N3OS/c1-10-18-8-13(21-10)9-19-16(20)14-6-11-4-2-3-5-12(11)7-15(14)17/h2-8H,9,17H2,1H3,(H,19,20). The quantitative estimate of drug-likeness (QED) is 0.730. The Balaban J connectivity index is 1.82. The second-order valence-electron chi connectivity index (χ2n) is 4.81. The minimum absolute atomic E-state index is 0.163. The van der Waals surface area contributed by atoms with E-state index in [1.165, 1.54) is 0 Å². The third-order valence-corrected chi connectivity index (χ3v) is 4.17. The van der Waals surface area contributed by atoms with E-state index in [1.807, 2.05) is 43.3 Å². The zero-order valence-electron chi connectivity index (χ0n) is 11.6. The molecule has 5 heteroatoms. The van der Waals surface area contributed by atoms with E-state index in [0.29, 0.717) is 17.8 Å². The van der Waals surface area contributed by atoms with Crippen molar-refractivity contribution in [2.24, 2.45) is 0 Å². The molecule has 0 bridgehead atoms. The number of thiazole rings is 1. The number of rotatable bonds is 3. The highest BCUT2D eigenvalue weighted by Gasteiger charge is 2.11. The lowest BCUT2D eigenvalue weighted by Gasteiger charge is -2.08. The summed E-state index contributed by atoms with van der Waals surface area (Å²) in [6, 6.07) is 11.5. The van der Waals surface area contributed by atoms with Gasteiger partial charge >= 0.3 is 0 Å². The number of fused-ring (bicyclic) bond motifs is 1. The fraction of sp³-hybridized carbons (Fsp3) is 0.125. The first-order valence-electron chi connectivity index (χ1n) is 6.61. The Bertz CT molecular complexity index is 810. The van der Waals surface area contributed by atoms with Gasteiger partial charge in [-0.25, -0.2) is 4.98 Å². The van der Waals surface area contributed by atoms with Gasteiger partial charge in [-0.3, -0.25) is 4.79 Å². The minimum Gasteiger partial charge on any atom is -0.398 e. The van der Waals surface area contributed by atoms with E-state index in [2.05, 4.69) is 10.3 Å². The van der Waals surface area contributed by atoms with Gasteiger partial charge in [-0.15, -0.1) is 11.3 Å². The predicted molar refractivity (Wildman–Crippen MR) is 86.4 cm³/mol. The molecule has 3 rings (SSSR count). The lowest BCUT2D eigenvalue weighted by atomic mass is 10.0. The molecule has 0 saturated heterocycles. The van der Waals surface area contributed by atoms with Crippen LogP contribution in [0, 0.1) is 6.92 Å². The number of nitrogens with one attached hydrogen (secondary N) is 1. The molecule has 0 unspecified atom stereocenters. The third-order valence-electron chi connectivity index (χ3n) is 3.25. The summed E-state index contributed by atoms with van der Waals surface area (Å²) in [5.74, 6) is -0.163. The fourth-order valence-electron chi connectivity index (χ4n) is 2.20. The number of aromatic nitrogens is 1. The minimum atomic E-state index is -0.163. The highest BCUT2D eigenvalue weighted by Crippen LogP contribution is 2.22. The molecule has 2 aromatic carbocycles. The third kappa shape index (κ3) is 2.87. The molecule has 4 nitrogen and oxygen atoms in total. The van der Waals surface area contributed by atoms with Gasteiger partial charge < -0.3 is 11.1 Å². The molecule has 1 amide bonds. The number of carbonyl (C=O) groups excluding carboxylic acids is 1. The van der Waals surface area contributed by atoms with Crippen LogP contribution in [0.2, 0.25) is 0 Å². The molecule has 0 saturated carbocycles. The van der Waals surface area contributed by atoms with Crippen LogP contribution in [0.15, 0.2) is 42.6 Å². The Hall–Kier alpha value is -2.40. The maximum atomic E-state index is 12.3. The summed E-state index contributed by atoms with van der Waals surface area (Å²) in [7, 11) is 0. The molecule has 3 N–H and O–H groups in total. The van der Waals surface area contributed by atoms with Gasteiger partial charge in [0.15, 0.2) is 0 Å². The van der Waals surface area contributed by atoms with Gasteiger partial charge in [0.1, 0.15) is 0 Å². The molecule has 0 atom stereocenters. The molecule has 0 spiro atoms. The number of hydrogen-bond donors (Lipinski definition) is 2. The van der Waals surface area contributed by atoms with E-state index >= 15 is 0 Å². The molecule has 21 heavy (non-hydrogen) atoms. The van der Waals surface area contributed by atoms with Crippen molar-refractivity contribution in [3.63, 3.8) is 0 Å². The van der Waals surface area contributed by atoms with Gasteiger partial charge in [-0.05, 0) is 29.8 Å². The maximum absolute atomic E-state index is 12.3. The number of carbonyl (C=O) groups is 1. The first-order valence-corrected chi connectivity index (χ1v) is 7.43. The average Bonchev–Trinajstić information content (AvgIpc) is 2.89. The second-order valence-corrected chi connectivity index (χ2v) is 6.13. The second kappa shape index (κ2) is 5.54. The largest absolute Gasteiger partial charge is 0.398 e. The lowest BCUT2D eigenvalue weighted by Crippen LogP contribution is -2.23. The van der Waals surface area contributed by atoms with Crippen molar-refractivity contribution in [2.75, 3.05) is 5.73 Å². The zero-order valence-corrected chi connectivity index (χ0v) is 12.4. The van der Waals surface area contributed by atoms with Crippen molar-refractivity contribution >= 4 is 33.7 Å². The number of amides is 1. The number of nitrogens with two attached hydrogens (primary N) is 1. The van der Waals surface area contributed by atoms with Crippen molar-refractivity contribution in [2.45, 2.75) is 13.5 Å². The summed E-state index contributed by atoms with van der Waals surface area (Å²) in [5.41, 5.74) is 6.99. The smallest absolute Gasteiger partial charge is 0.253 e. The topological polar surface area (TPSA) is 68.0 Å². The van der Waals surface area contributed by atoms with Gasteiger partial charge in [0.05, 0.1) is 17.1 Å². The fourth-order valence-corrected chi connectivity index (χ4v) is 2.94. The van der Waals surface area contributed by atoms with Crippen molar-refractivity contribution in [1.29, 1.82) is 0 Å². The Kier molecular flexibility index (Phi) is 3.58. The van der Waals surface area contributed by atoms with E-state index in [4.69, 9.17) is 5.73 Å². The molecule has 0 aliphatic rings. The Morgan fingerprint density at radius 3 is 2.67 bits per heavy atom. The molecule has 3 aromatic rings. The van der Waals surface area contributed by atoms with Gasteiger partial charge in [-0.2, -0.15) is 0 Å². The summed E-state index contributed by atoms with van der Waals surface area (Å²) < 4.78 is 0. The molecule has 0 aliphatic carbocycles. The van der Waals surface area contributed by atoms with E-state index in [1.54, 1.807) is 17.5 Å². The molecular weight excluding hydrogens is 282 g/mol. The molecule has 1 heterocycles. The molecule has 106 valence electrons. The van der Waals surface area contributed by atoms with Crippen LogP contribution in [-0.4, -0.2) is 10.9 Å². The van der Waals surface area contributed by atoms with Crippen LogP contribution in [0.25, 0.3) is 10.8 Å². The molecule has 0 aliphatic heterocycles. The number of anilines is 1. The van der Waals surface area contributed by atoms with Crippen LogP contribution in [0.3, 0.4) is 0 Å². The van der Waals surface area contributed by atoms with Gasteiger partial charge in [-0.1, -0.05) is 24.3 Å². The summed E-state index contributed by atoms with van der Waals surface area (Å²) in [5, 5.41) is 5.91. The van der Waals surface area contributed by atoms with E-state index in [9.17, 15) is 4.79 Å². The van der Waals surface area contributed by atoms with Crippen LogP contribution in [0.1, 0.15) is 20.2 Å². The summed E-state index contributed by atoms with van der Waals surface area (Å²) in [6.45, 7) is 2.41. The van der Waals surface area contributed by atoms with Crippen LogP contribution >= 0.6 is 11.3 Å². The van der Waals surface area contributed by atoms with Crippen molar-refractivity contribution in [3.05, 3.63) is 58.0 Å². The van der Waals surface area contributed by atoms with Crippen LogP contribution in [0.4, 0.5) is 5.69 Å². The number of aryl methyl sites for hydroxylation is 1. The normalized spacial score (nSPS) is 10.7. The van der Waals surface area contributed by atoms with Crippen LogP contribution < -0.4 is 11.1 Å². The highest BCUT2D eigenvalue weighted by atomic mass is 32.1. The molecule has 0 radical (unpaired) electrons. The summed E-state index contributed by atoms with van der Waals surface area (Å²) in [6.07, 6.45) is 1.78. The number of nitrogens with zero attached hydrogens (tertiary/aromatic N) is 1. The summed E-state index contributed by atoms with van der Waals surface area (Å²) in [4.78, 5) is 17.5. The first kappa shape index (κ1) is 13.6. The molecular formula is C16H15N3OS. The predicted octanol–water partition coefficient (Wildman–Crippen LogP) is 3.12. The molecule has 0 fully saturated rings. The Morgan fingerprint density at radius 2 is 2.00 bits per heavy atom. The highest BCUT2D eigenvalue weighted by molar-refractivity contribution is 7.11. The van der Waals surface area contributed by atoms with Crippen molar-refractivity contribution in [3.8, 4) is 0 Å². The van der Waals surface area contributed by atoms with Gasteiger partial charge in [0.25, 0.3) is 5.91 Å². The average molecular weight is 297 g/mol. The zero-order chi connectivity index (χ0) is 14.8. The van der Waals surface area contributed by atoms with E-state index in [-0.39, 0.29) is 5.91 Å². The number of nitrogen functional groups attached to an aromatic ring is 1. The molecule has 1 aromatic heterocycles. The van der Waals surface area contributed by atoms with E-state index < -0.39 is 0 Å². The van der Waals surface area contributed by atoms with Gasteiger partial charge in [0.2, 0.25) is 0 Å². The van der Waals surface area contributed by atoms with Crippen LogP contribution in [-0.2, 0) is 6.54 Å². The lowest BCUT2D eigenvalue weighted by molar-refractivity contribution is 0.0952. The van der Waals surface area contributed by atoms with Crippen molar-refractivity contribution in [1.82, 2.24) is 10.3 Å². The van der Waals surface area contributed by atoms with E-state index in [0.717, 1.165) is 20.7 Å². The monoisotopic (exact) mass is 297 g/mol. The Morgan fingerprint density at radius 1 is 1.29 bits per heavy atom. The SMILES string of the molecule is Cc1ncc(CNC(=O)c2cc3ccccc3cc2N)s1. The number of hydrogen-bond acceptors (Lipinski definition) is 4. The maximum Gasteiger partial charge on any atom is 0.253 e.